The second-order valence-electron chi connectivity index (χ2n) is 18.2. The van der Waals surface area contributed by atoms with E-state index >= 15 is 0 Å². The summed E-state index contributed by atoms with van der Waals surface area (Å²) in [4.78, 5) is 4.91. The van der Waals surface area contributed by atoms with Gasteiger partial charge in [-0.15, -0.1) is 0 Å². The Hall–Kier alpha value is -7.42. The van der Waals surface area contributed by atoms with Gasteiger partial charge >= 0.3 is 0 Å². The highest BCUT2D eigenvalue weighted by molar-refractivity contribution is 6.22. The van der Waals surface area contributed by atoms with Crippen molar-refractivity contribution in [2.24, 2.45) is 0 Å². The monoisotopic (exact) mass is 794 g/mol. The van der Waals surface area contributed by atoms with Crippen LogP contribution in [0.2, 0.25) is 0 Å². The number of nitrogens with zero attached hydrogens (tertiary/aromatic N) is 2. The molecule has 2 aliphatic carbocycles. The average Bonchev–Trinajstić information content (AvgIpc) is 3.69. The first-order valence-electron chi connectivity index (χ1n) is 21.8. The van der Waals surface area contributed by atoms with Gasteiger partial charge in [-0.25, -0.2) is 0 Å². The molecule has 0 saturated heterocycles. The predicted octanol–water partition coefficient (Wildman–Crippen LogP) is 16.7. The Morgan fingerprint density at radius 2 is 0.710 bits per heavy atom. The summed E-state index contributed by atoms with van der Waals surface area (Å²) >= 11 is 0. The van der Waals surface area contributed by atoms with Crippen LogP contribution in [0.5, 0.6) is 0 Å². The van der Waals surface area contributed by atoms with Crippen molar-refractivity contribution in [3.63, 3.8) is 0 Å². The fourth-order valence-electron chi connectivity index (χ4n) is 10.9. The van der Waals surface area contributed by atoms with Gasteiger partial charge in [-0.2, -0.15) is 0 Å². The lowest BCUT2D eigenvalue weighted by molar-refractivity contribution is 0.660. The first kappa shape index (κ1) is 36.4. The molecule has 0 saturated carbocycles. The molecule has 0 N–H and O–H groups in total. The molecule has 0 aromatic heterocycles. The lowest BCUT2D eigenvalue weighted by Gasteiger charge is -2.30. The Morgan fingerprint density at radius 1 is 0.274 bits per heavy atom. The zero-order valence-electron chi connectivity index (χ0n) is 35.5. The minimum atomic E-state index is -0.120. The maximum absolute atomic E-state index is 2.48. The molecule has 2 aliphatic rings. The summed E-state index contributed by atoms with van der Waals surface area (Å²) in [6, 6.07) is 76.7. The molecule has 0 aliphatic heterocycles. The van der Waals surface area contributed by atoms with Crippen LogP contribution in [-0.4, -0.2) is 0 Å². The van der Waals surface area contributed by atoms with Gasteiger partial charge in [0.1, 0.15) is 0 Å². The SMILES string of the molecule is CC1(C)c2ccccc2-c2ccc(N(c3ccccc3)c3ccc4ccc5c6ccccc6c(N(c6ccccc6)c6ccc7c(c6)C(C)(C)c6ccccc6-7)cc5c4c3)cc21. The third-order valence-electron chi connectivity index (χ3n) is 14.0. The number of rotatable bonds is 6. The molecule has 0 unspecified atom stereocenters. The van der Waals surface area contributed by atoms with Crippen LogP contribution in [0.4, 0.5) is 34.1 Å². The highest BCUT2D eigenvalue weighted by Crippen LogP contribution is 2.53. The van der Waals surface area contributed by atoms with E-state index in [4.69, 9.17) is 0 Å². The van der Waals surface area contributed by atoms with E-state index in [1.807, 2.05) is 0 Å². The van der Waals surface area contributed by atoms with Gasteiger partial charge in [-0.1, -0.05) is 167 Å². The van der Waals surface area contributed by atoms with Gasteiger partial charge in [-0.3, -0.25) is 0 Å². The van der Waals surface area contributed by atoms with Crippen molar-refractivity contribution in [3.05, 3.63) is 229 Å². The molecule has 0 spiro atoms. The van der Waals surface area contributed by atoms with E-state index in [0.717, 1.165) is 34.1 Å². The zero-order valence-corrected chi connectivity index (χ0v) is 35.5. The summed E-state index contributed by atoms with van der Waals surface area (Å²) in [6.07, 6.45) is 0. The Balaban J connectivity index is 1.08. The molecule has 0 bridgehead atoms. The Bertz CT molecular complexity index is 3410. The van der Waals surface area contributed by atoms with E-state index in [0.29, 0.717) is 0 Å². The van der Waals surface area contributed by atoms with Crippen LogP contribution >= 0.6 is 0 Å². The van der Waals surface area contributed by atoms with Crippen LogP contribution in [0, 0.1) is 0 Å². The third-order valence-corrected chi connectivity index (χ3v) is 14.0. The van der Waals surface area contributed by atoms with Crippen LogP contribution in [0.25, 0.3) is 54.6 Å². The number of anilines is 6. The van der Waals surface area contributed by atoms with Crippen molar-refractivity contribution < 1.29 is 0 Å². The number of fused-ring (bicyclic) bond motifs is 11. The van der Waals surface area contributed by atoms with Crippen molar-refractivity contribution in [2.75, 3.05) is 9.80 Å². The molecule has 0 atom stereocenters. The summed E-state index contributed by atoms with van der Waals surface area (Å²) < 4.78 is 0. The van der Waals surface area contributed by atoms with Crippen LogP contribution in [-0.2, 0) is 10.8 Å². The standard InChI is InChI=1S/C60H46N2/c1-59(2)54-25-15-13-22-47(54)49-33-30-43(36-56(49)59)61(40-17-7-5-8-18-40)42-29-27-39-28-32-46-45-21-11-12-24-51(45)58(38-53(46)52(39)35-42)62(41-19-9-6-10-20-41)44-31-34-50-48-23-14-16-26-55(48)60(3,4)57(50)37-44/h5-38H,1-4H3. The maximum atomic E-state index is 2.48. The smallest absolute Gasteiger partial charge is 0.0546 e. The maximum Gasteiger partial charge on any atom is 0.0546 e. The van der Waals surface area contributed by atoms with Crippen LogP contribution in [0.15, 0.2) is 206 Å². The highest BCUT2D eigenvalue weighted by atomic mass is 15.1. The van der Waals surface area contributed by atoms with Gasteiger partial charge in [0.15, 0.2) is 0 Å². The van der Waals surface area contributed by atoms with E-state index < -0.39 is 0 Å². The van der Waals surface area contributed by atoms with Gasteiger partial charge in [-0.05, 0) is 138 Å². The molecule has 0 fully saturated rings. The van der Waals surface area contributed by atoms with E-state index in [1.54, 1.807) is 0 Å². The molecule has 62 heavy (non-hydrogen) atoms. The number of benzene rings is 10. The fraction of sp³-hybridized carbons (Fsp3) is 0.100. The van der Waals surface area contributed by atoms with Crippen LogP contribution in [0.1, 0.15) is 49.9 Å². The summed E-state index contributed by atoms with van der Waals surface area (Å²) in [5, 5.41) is 7.37. The number of hydrogen-bond acceptors (Lipinski definition) is 2. The van der Waals surface area contributed by atoms with Gasteiger partial charge in [0.2, 0.25) is 0 Å². The van der Waals surface area contributed by atoms with Gasteiger partial charge < -0.3 is 9.80 Å². The molecule has 296 valence electrons. The average molecular weight is 795 g/mol. The first-order chi connectivity index (χ1) is 30.3. The topological polar surface area (TPSA) is 6.48 Å². The molecule has 12 rings (SSSR count). The lowest BCUT2D eigenvalue weighted by Crippen LogP contribution is -2.16. The Morgan fingerprint density at radius 3 is 1.32 bits per heavy atom. The molecule has 0 amide bonds. The third kappa shape index (κ3) is 5.36. The van der Waals surface area contributed by atoms with Gasteiger partial charge in [0.25, 0.3) is 0 Å². The van der Waals surface area contributed by atoms with Crippen molar-refractivity contribution in [1.29, 1.82) is 0 Å². The van der Waals surface area contributed by atoms with Crippen molar-refractivity contribution in [2.45, 2.75) is 38.5 Å². The molecule has 10 aromatic carbocycles. The second kappa shape index (κ2) is 13.5. The van der Waals surface area contributed by atoms with E-state index in [-0.39, 0.29) is 10.8 Å². The Kier molecular flexibility index (Phi) is 7.96. The molecular weight excluding hydrogens is 749 g/mol. The largest absolute Gasteiger partial charge is 0.310 e. The van der Waals surface area contributed by atoms with Crippen molar-refractivity contribution in [3.8, 4) is 22.3 Å². The molecule has 0 heterocycles. The number of hydrogen-bond donors (Lipinski definition) is 0. The predicted molar refractivity (Wildman–Crippen MR) is 263 cm³/mol. The molecule has 2 heteroatoms. The zero-order chi connectivity index (χ0) is 41.7. The first-order valence-corrected chi connectivity index (χ1v) is 21.8. The quantitative estimate of drug-likeness (QED) is 0.155. The summed E-state index contributed by atoms with van der Waals surface area (Å²) in [6.45, 7) is 9.45. The van der Waals surface area contributed by atoms with E-state index in [2.05, 4.69) is 244 Å². The molecule has 2 nitrogen and oxygen atoms in total. The number of para-hydroxylation sites is 2. The summed E-state index contributed by atoms with van der Waals surface area (Å²) in [7, 11) is 0. The second-order valence-corrected chi connectivity index (χ2v) is 18.2. The molecule has 0 radical (unpaired) electrons. The van der Waals surface area contributed by atoms with Crippen molar-refractivity contribution >= 4 is 66.4 Å². The van der Waals surface area contributed by atoms with Crippen LogP contribution in [0.3, 0.4) is 0 Å². The van der Waals surface area contributed by atoms with E-state index in [1.165, 1.54) is 76.8 Å². The van der Waals surface area contributed by atoms with Crippen molar-refractivity contribution in [1.82, 2.24) is 0 Å². The molecule has 10 aromatic rings. The van der Waals surface area contributed by atoms with Gasteiger partial charge in [0, 0.05) is 44.7 Å². The summed E-state index contributed by atoms with van der Waals surface area (Å²) in [5.74, 6) is 0. The van der Waals surface area contributed by atoms with E-state index in [9.17, 15) is 0 Å². The fourth-order valence-corrected chi connectivity index (χ4v) is 10.9. The summed E-state index contributed by atoms with van der Waals surface area (Å²) in [5.41, 5.74) is 17.4. The minimum absolute atomic E-state index is 0.107. The van der Waals surface area contributed by atoms with Crippen LogP contribution < -0.4 is 9.80 Å². The highest BCUT2D eigenvalue weighted by Gasteiger charge is 2.37. The minimum Gasteiger partial charge on any atom is -0.310 e. The molecular formula is C60H46N2. The Labute approximate surface area is 364 Å². The lowest BCUT2D eigenvalue weighted by atomic mass is 9.82. The normalized spacial score (nSPS) is 14.1. The van der Waals surface area contributed by atoms with Gasteiger partial charge in [0.05, 0.1) is 5.69 Å².